The fourth-order valence-electron chi connectivity index (χ4n) is 3.08. The van der Waals surface area contributed by atoms with E-state index in [0.717, 1.165) is 6.42 Å². The summed E-state index contributed by atoms with van der Waals surface area (Å²) in [5, 5.41) is 3.76. The predicted molar refractivity (Wildman–Crippen MR) is 66.9 cm³/mol. The fraction of sp³-hybridized carbons (Fsp3) is 1.00. The Balaban J connectivity index is 2.42. The van der Waals surface area contributed by atoms with Gasteiger partial charge in [-0.2, -0.15) is 0 Å². The maximum atomic E-state index is 5.93. The Morgan fingerprint density at radius 3 is 2.13 bits per heavy atom. The number of nitrogens with two attached hydrogens (primary N) is 1. The van der Waals surface area contributed by atoms with E-state index in [0.29, 0.717) is 17.5 Å². The van der Waals surface area contributed by atoms with Gasteiger partial charge >= 0.3 is 0 Å². The van der Waals surface area contributed by atoms with E-state index in [1.165, 1.54) is 19.3 Å². The van der Waals surface area contributed by atoms with Gasteiger partial charge in [0, 0.05) is 17.6 Å². The van der Waals surface area contributed by atoms with Crippen molar-refractivity contribution in [3.05, 3.63) is 0 Å². The van der Waals surface area contributed by atoms with Crippen molar-refractivity contribution in [2.45, 2.75) is 77.9 Å². The molecule has 1 rings (SSSR count). The molecule has 0 spiro atoms. The van der Waals surface area contributed by atoms with Crippen LogP contribution in [0.1, 0.15) is 60.3 Å². The molecule has 0 aliphatic heterocycles. The Hall–Kier alpha value is -0.0800. The minimum Gasteiger partial charge on any atom is -0.328 e. The number of hydrogen-bond acceptors (Lipinski definition) is 2. The third-order valence-electron chi connectivity index (χ3n) is 3.04. The van der Waals surface area contributed by atoms with Crippen molar-refractivity contribution in [2.75, 3.05) is 0 Å². The molecule has 0 saturated heterocycles. The molecule has 1 fully saturated rings. The molecule has 2 nitrogen and oxygen atoms in total. The van der Waals surface area contributed by atoms with Gasteiger partial charge in [0.15, 0.2) is 0 Å². The lowest BCUT2D eigenvalue weighted by atomic mass is 9.81. The molecule has 0 amide bonds. The van der Waals surface area contributed by atoms with Crippen LogP contribution >= 0.6 is 0 Å². The summed E-state index contributed by atoms with van der Waals surface area (Å²) in [6.45, 7) is 11.5. The number of rotatable bonds is 3. The summed E-state index contributed by atoms with van der Waals surface area (Å²) in [6.07, 6.45) is 4.78. The molecule has 0 bridgehead atoms. The van der Waals surface area contributed by atoms with E-state index < -0.39 is 0 Å². The van der Waals surface area contributed by atoms with Crippen LogP contribution in [0.4, 0.5) is 0 Å². The van der Waals surface area contributed by atoms with E-state index in [9.17, 15) is 0 Å². The maximum absolute atomic E-state index is 5.93. The van der Waals surface area contributed by atoms with E-state index in [1.54, 1.807) is 0 Å². The molecule has 2 unspecified atom stereocenters. The lowest BCUT2D eigenvalue weighted by Crippen LogP contribution is -2.47. The van der Waals surface area contributed by atoms with Crippen LogP contribution < -0.4 is 11.1 Å². The predicted octanol–water partition coefficient (Wildman–Crippen LogP) is 2.67. The fourth-order valence-corrected chi connectivity index (χ4v) is 3.08. The largest absolute Gasteiger partial charge is 0.328 e. The van der Waals surface area contributed by atoms with Gasteiger partial charge in [-0.1, -0.05) is 20.8 Å². The summed E-state index contributed by atoms with van der Waals surface area (Å²) in [5.74, 6) is 0. The monoisotopic (exact) mass is 212 g/mol. The highest BCUT2D eigenvalue weighted by Crippen LogP contribution is 2.29. The standard InChI is InChI=1S/C13H28N2/c1-12(2,3)9-13(4,5)15-11-7-6-10(14)8-11/h10-11,15H,6-9,14H2,1-5H3. The van der Waals surface area contributed by atoms with Crippen LogP contribution in [0.2, 0.25) is 0 Å². The summed E-state index contributed by atoms with van der Waals surface area (Å²) in [7, 11) is 0. The Kier molecular flexibility index (Phi) is 3.83. The second-order valence-electron chi connectivity index (χ2n) is 7.04. The SMILES string of the molecule is CC(C)(C)CC(C)(C)NC1CCC(N)C1. The molecular weight excluding hydrogens is 184 g/mol. The normalized spacial score (nSPS) is 28.4. The third-order valence-corrected chi connectivity index (χ3v) is 3.04. The van der Waals surface area contributed by atoms with Gasteiger partial charge in [-0.15, -0.1) is 0 Å². The summed E-state index contributed by atoms with van der Waals surface area (Å²) >= 11 is 0. The Morgan fingerprint density at radius 2 is 1.73 bits per heavy atom. The molecule has 0 aromatic heterocycles. The Morgan fingerprint density at radius 1 is 1.13 bits per heavy atom. The molecule has 1 aliphatic rings. The number of hydrogen-bond donors (Lipinski definition) is 2. The van der Waals surface area contributed by atoms with Gasteiger partial charge in [-0.3, -0.25) is 0 Å². The van der Waals surface area contributed by atoms with Crippen molar-refractivity contribution >= 4 is 0 Å². The summed E-state index contributed by atoms with van der Waals surface area (Å²) in [5.41, 5.74) is 6.55. The van der Waals surface area contributed by atoms with E-state index in [2.05, 4.69) is 39.9 Å². The topological polar surface area (TPSA) is 38.0 Å². The summed E-state index contributed by atoms with van der Waals surface area (Å²) in [6, 6.07) is 1.06. The molecule has 2 heteroatoms. The number of nitrogens with one attached hydrogen (secondary N) is 1. The lowest BCUT2D eigenvalue weighted by Gasteiger charge is -2.36. The zero-order valence-electron chi connectivity index (χ0n) is 11.1. The quantitative estimate of drug-likeness (QED) is 0.755. The molecule has 1 saturated carbocycles. The first-order valence-corrected chi connectivity index (χ1v) is 6.21. The van der Waals surface area contributed by atoms with Gasteiger partial charge in [0.25, 0.3) is 0 Å². The van der Waals surface area contributed by atoms with Crippen LogP contribution in [-0.2, 0) is 0 Å². The minimum absolute atomic E-state index is 0.229. The average Bonchev–Trinajstić information content (AvgIpc) is 2.27. The van der Waals surface area contributed by atoms with Crippen LogP contribution in [0.5, 0.6) is 0 Å². The molecule has 0 heterocycles. The second kappa shape index (κ2) is 4.42. The Bertz CT molecular complexity index is 203. The van der Waals surface area contributed by atoms with Crippen molar-refractivity contribution in [1.29, 1.82) is 0 Å². The minimum atomic E-state index is 0.229. The molecule has 0 radical (unpaired) electrons. The van der Waals surface area contributed by atoms with Crippen LogP contribution in [0, 0.1) is 5.41 Å². The first kappa shape index (κ1) is 13.0. The van der Waals surface area contributed by atoms with E-state index in [4.69, 9.17) is 5.73 Å². The zero-order chi connectivity index (χ0) is 11.7. The highest BCUT2D eigenvalue weighted by molar-refractivity contribution is 4.91. The first-order chi connectivity index (χ1) is 6.68. The first-order valence-electron chi connectivity index (χ1n) is 6.21. The molecule has 0 aromatic rings. The van der Waals surface area contributed by atoms with Crippen molar-refractivity contribution in [3.8, 4) is 0 Å². The average molecular weight is 212 g/mol. The van der Waals surface area contributed by atoms with Crippen LogP contribution in [0.3, 0.4) is 0 Å². The van der Waals surface area contributed by atoms with E-state index in [-0.39, 0.29) is 5.54 Å². The van der Waals surface area contributed by atoms with Gasteiger partial charge < -0.3 is 11.1 Å². The molecular formula is C13H28N2. The Labute approximate surface area is 95.0 Å². The van der Waals surface area contributed by atoms with E-state index in [1.807, 2.05) is 0 Å². The molecule has 15 heavy (non-hydrogen) atoms. The third kappa shape index (κ3) is 4.98. The molecule has 3 N–H and O–H groups in total. The van der Waals surface area contributed by atoms with Crippen molar-refractivity contribution < 1.29 is 0 Å². The maximum Gasteiger partial charge on any atom is 0.0132 e. The van der Waals surface area contributed by atoms with E-state index >= 15 is 0 Å². The van der Waals surface area contributed by atoms with Gasteiger partial charge in [0.2, 0.25) is 0 Å². The zero-order valence-corrected chi connectivity index (χ0v) is 11.1. The molecule has 1 aliphatic carbocycles. The van der Waals surface area contributed by atoms with Crippen molar-refractivity contribution in [3.63, 3.8) is 0 Å². The van der Waals surface area contributed by atoms with Gasteiger partial charge in [0.05, 0.1) is 0 Å². The molecule has 90 valence electrons. The smallest absolute Gasteiger partial charge is 0.0132 e. The van der Waals surface area contributed by atoms with Crippen molar-refractivity contribution in [1.82, 2.24) is 5.32 Å². The molecule has 2 atom stereocenters. The van der Waals surface area contributed by atoms with Gasteiger partial charge in [0.1, 0.15) is 0 Å². The molecule has 0 aromatic carbocycles. The van der Waals surface area contributed by atoms with Gasteiger partial charge in [-0.25, -0.2) is 0 Å². The lowest BCUT2D eigenvalue weighted by molar-refractivity contribution is 0.222. The summed E-state index contributed by atoms with van der Waals surface area (Å²) in [4.78, 5) is 0. The van der Waals surface area contributed by atoms with Gasteiger partial charge in [-0.05, 0) is 44.9 Å². The highest BCUT2D eigenvalue weighted by atomic mass is 15.0. The van der Waals surface area contributed by atoms with Crippen LogP contribution in [-0.4, -0.2) is 17.6 Å². The van der Waals surface area contributed by atoms with Crippen molar-refractivity contribution in [2.24, 2.45) is 11.1 Å². The van der Waals surface area contributed by atoms with Crippen LogP contribution in [0.25, 0.3) is 0 Å². The summed E-state index contributed by atoms with van der Waals surface area (Å²) < 4.78 is 0. The highest BCUT2D eigenvalue weighted by Gasteiger charge is 2.30. The second-order valence-corrected chi connectivity index (χ2v) is 7.04. The van der Waals surface area contributed by atoms with Crippen LogP contribution in [0.15, 0.2) is 0 Å².